The standard InChI is InChI=1S/C15H25N3/c1-3-18(11-14-6-8-17-9-7-14)15(2,12-16)10-13-4-5-13/h6-9,13H,3-5,10-12,16H2,1-2H3. The molecule has 2 N–H and O–H groups in total. The number of aromatic nitrogens is 1. The third-order valence-corrected chi connectivity index (χ3v) is 4.13. The van der Waals surface area contributed by atoms with E-state index >= 15 is 0 Å². The smallest absolute Gasteiger partial charge is 0.0309 e. The Bertz CT molecular complexity index is 361. The van der Waals surface area contributed by atoms with E-state index in [2.05, 4.69) is 35.9 Å². The second-order valence-electron chi connectivity index (χ2n) is 5.72. The first kappa shape index (κ1) is 13.5. The molecule has 0 amide bonds. The van der Waals surface area contributed by atoms with Crippen LogP contribution in [-0.4, -0.2) is 28.5 Å². The van der Waals surface area contributed by atoms with E-state index in [1.54, 1.807) is 0 Å². The van der Waals surface area contributed by atoms with Gasteiger partial charge in [0.2, 0.25) is 0 Å². The van der Waals surface area contributed by atoms with Crippen LogP contribution in [0.5, 0.6) is 0 Å². The van der Waals surface area contributed by atoms with Crippen molar-refractivity contribution in [3.05, 3.63) is 30.1 Å². The molecule has 1 unspecified atom stereocenters. The van der Waals surface area contributed by atoms with Crippen molar-refractivity contribution in [3.8, 4) is 0 Å². The van der Waals surface area contributed by atoms with Crippen LogP contribution in [0.4, 0.5) is 0 Å². The Morgan fingerprint density at radius 2 is 2.06 bits per heavy atom. The number of hydrogen-bond donors (Lipinski definition) is 1. The van der Waals surface area contributed by atoms with Crippen LogP contribution in [-0.2, 0) is 6.54 Å². The van der Waals surface area contributed by atoms with Gasteiger partial charge >= 0.3 is 0 Å². The maximum Gasteiger partial charge on any atom is 0.0309 e. The second kappa shape index (κ2) is 5.81. The zero-order valence-corrected chi connectivity index (χ0v) is 11.6. The lowest BCUT2D eigenvalue weighted by Gasteiger charge is -2.40. The molecule has 0 saturated heterocycles. The molecule has 1 aromatic heterocycles. The van der Waals surface area contributed by atoms with Gasteiger partial charge in [0.1, 0.15) is 0 Å². The highest BCUT2D eigenvalue weighted by atomic mass is 15.2. The van der Waals surface area contributed by atoms with Crippen LogP contribution in [0.15, 0.2) is 24.5 Å². The van der Waals surface area contributed by atoms with E-state index < -0.39 is 0 Å². The number of nitrogens with two attached hydrogens (primary N) is 1. The zero-order valence-electron chi connectivity index (χ0n) is 11.6. The number of likely N-dealkylation sites (N-methyl/N-ethyl adjacent to an activating group) is 1. The quantitative estimate of drug-likeness (QED) is 0.804. The largest absolute Gasteiger partial charge is 0.329 e. The fourth-order valence-corrected chi connectivity index (χ4v) is 2.68. The van der Waals surface area contributed by atoms with Gasteiger partial charge in [-0.1, -0.05) is 19.8 Å². The van der Waals surface area contributed by atoms with E-state index in [0.29, 0.717) is 0 Å². The molecular formula is C15H25N3. The summed E-state index contributed by atoms with van der Waals surface area (Å²) < 4.78 is 0. The number of nitrogens with zero attached hydrogens (tertiary/aromatic N) is 2. The Balaban J connectivity index is 2.05. The molecular weight excluding hydrogens is 222 g/mol. The summed E-state index contributed by atoms with van der Waals surface area (Å²) in [6.45, 7) is 7.29. The minimum absolute atomic E-state index is 0.138. The Kier molecular flexibility index (Phi) is 4.36. The first-order valence-corrected chi connectivity index (χ1v) is 7.02. The number of pyridine rings is 1. The summed E-state index contributed by atoms with van der Waals surface area (Å²) in [6.07, 6.45) is 7.75. The Labute approximate surface area is 110 Å². The van der Waals surface area contributed by atoms with Crippen molar-refractivity contribution in [3.63, 3.8) is 0 Å². The lowest BCUT2D eigenvalue weighted by Crippen LogP contribution is -2.51. The Morgan fingerprint density at radius 3 is 2.56 bits per heavy atom. The highest BCUT2D eigenvalue weighted by molar-refractivity contribution is 5.10. The molecule has 100 valence electrons. The van der Waals surface area contributed by atoms with Crippen molar-refractivity contribution >= 4 is 0 Å². The molecule has 1 fully saturated rings. The summed E-state index contributed by atoms with van der Waals surface area (Å²) in [4.78, 5) is 6.59. The molecule has 0 aromatic carbocycles. The number of hydrogen-bond acceptors (Lipinski definition) is 3. The third kappa shape index (κ3) is 3.30. The van der Waals surface area contributed by atoms with Gasteiger partial charge in [0.15, 0.2) is 0 Å². The van der Waals surface area contributed by atoms with Gasteiger partial charge in [-0.25, -0.2) is 0 Å². The Morgan fingerprint density at radius 1 is 1.39 bits per heavy atom. The van der Waals surface area contributed by atoms with Crippen molar-refractivity contribution in [1.29, 1.82) is 0 Å². The normalized spacial score (nSPS) is 18.9. The highest BCUT2D eigenvalue weighted by Crippen LogP contribution is 2.38. The molecule has 1 aliphatic carbocycles. The van der Waals surface area contributed by atoms with Crippen LogP contribution in [0.2, 0.25) is 0 Å². The average molecular weight is 247 g/mol. The van der Waals surface area contributed by atoms with E-state index in [4.69, 9.17) is 5.73 Å². The molecule has 2 rings (SSSR count). The van der Waals surface area contributed by atoms with Gasteiger partial charge in [-0.15, -0.1) is 0 Å². The van der Waals surface area contributed by atoms with Crippen LogP contribution >= 0.6 is 0 Å². The maximum absolute atomic E-state index is 6.06. The predicted molar refractivity (Wildman–Crippen MR) is 75.1 cm³/mol. The van der Waals surface area contributed by atoms with Gasteiger partial charge in [-0.3, -0.25) is 9.88 Å². The van der Waals surface area contributed by atoms with Crippen molar-refractivity contribution in [2.45, 2.75) is 45.2 Å². The summed E-state index contributed by atoms with van der Waals surface area (Å²) in [5.41, 5.74) is 7.52. The zero-order chi connectivity index (χ0) is 13.0. The van der Waals surface area contributed by atoms with Crippen molar-refractivity contribution in [2.75, 3.05) is 13.1 Å². The van der Waals surface area contributed by atoms with Crippen LogP contribution in [0.1, 0.15) is 38.7 Å². The Hall–Kier alpha value is -0.930. The molecule has 1 aromatic rings. The van der Waals surface area contributed by atoms with Crippen molar-refractivity contribution in [1.82, 2.24) is 9.88 Å². The fraction of sp³-hybridized carbons (Fsp3) is 0.667. The fourth-order valence-electron chi connectivity index (χ4n) is 2.68. The van der Waals surface area contributed by atoms with Crippen LogP contribution in [0.3, 0.4) is 0 Å². The first-order valence-electron chi connectivity index (χ1n) is 7.02. The molecule has 1 heterocycles. The van der Waals surface area contributed by atoms with Crippen molar-refractivity contribution in [2.24, 2.45) is 11.7 Å². The minimum atomic E-state index is 0.138. The van der Waals surface area contributed by atoms with Crippen LogP contribution in [0, 0.1) is 5.92 Å². The number of rotatable bonds is 7. The maximum atomic E-state index is 6.06. The van der Waals surface area contributed by atoms with Gasteiger partial charge in [0.25, 0.3) is 0 Å². The second-order valence-corrected chi connectivity index (χ2v) is 5.72. The van der Waals surface area contributed by atoms with Gasteiger partial charge in [-0.2, -0.15) is 0 Å². The molecule has 0 spiro atoms. The van der Waals surface area contributed by atoms with Crippen LogP contribution in [0.25, 0.3) is 0 Å². The molecule has 18 heavy (non-hydrogen) atoms. The summed E-state index contributed by atoms with van der Waals surface area (Å²) in [5.74, 6) is 0.907. The summed E-state index contributed by atoms with van der Waals surface area (Å²) in [7, 11) is 0. The van der Waals surface area contributed by atoms with Gasteiger partial charge in [-0.05, 0) is 43.5 Å². The predicted octanol–water partition coefficient (Wildman–Crippen LogP) is 2.42. The van der Waals surface area contributed by atoms with Crippen molar-refractivity contribution < 1.29 is 0 Å². The summed E-state index contributed by atoms with van der Waals surface area (Å²) in [5, 5.41) is 0. The first-order chi connectivity index (χ1) is 8.68. The molecule has 1 atom stereocenters. The summed E-state index contributed by atoms with van der Waals surface area (Å²) >= 11 is 0. The van der Waals surface area contributed by atoms with E-state index in [1.807, 2.05) is 12.4 Å². The van der Waals surface area contributed by atoms with E-state index in [0.717, 1.165) is 25.6 Å². The van der Waals surface area contributed by atoms with Crippen LogP contribution < -0.4 is 5.73 Å². The molecule has 1 saturated carbocycles. The minimum Gasteiger partial charge on any atom is -0.329 e. The topological polar surface area (TPSA) is 42.2 Å². The van der Waals surface area contributed by atoms with E-state index in [-0.39, 0.29) is 5.54 Å². The summed E-state index contributed by atoms with van der Waals surface area (Å²) in [6, 6.07) is 4.19. The molecule has 0 bridgehead atoms. The molecule has 0 aliphatic heterocycles. The molecule has 0 radical (unpaired) electrons. The van der Waals surface area contributed by atoms with Gasteiger partial charge in [0.05, 0.1) is 0 Å². The lowest BCUT2D eigenvalue weighted by atomic mass is 9.92. The highest BCUT2D eigenvalue weighted by Gasteiger charge is 2.36. The molecule has 3 heteroatoms. The van der Waals surface area contributed by atoms with E-state index in [9.17, 15) is 0 Å². The SMILES string of the molecule is CCN(Cc1ccncc1)C(C)(CN)CC1CC1. The lowest BCUT2D eigenvalue weighted by molar-refractivity contribution is 0.0937. The monoisotopic (exact) mass is 247 g/mol. The van der Waals surface area contributed by atoms with E-state index in [1.165, 1.54) is 24.8 Å². The third-order valence-electron chi connectivity index (χ3n) is 4.13. The molecule has 3 nitrogen and oxygen atoms in total. The van der Waals surface area contributed by atoms with Gasteiger partial charge < -0.3 is 5.73 Å². The average Bonchev–Trinajstić information content (AvgIpc) is 3.20. The van der Waals surface area contributed by atoms with Gasteiger partial charge in [0, 0.05) is 31.0 Å². The molecule has 1 aliphatic rings.